The summed E-state index contributed by atoms with van der Waals surface area (Å²) in [4.78, 5) is 9.24. The Hall–Kier alpha value is -1.11. The summed E-state index contributed by atoms with van der Waals surface area (Å²) in [5, 5.41) is 7.06. The van der Waals surface area contributed by atoms with Gasteiger partial charge in [-0.3, -0.25) is 9.89 Å². The van der Waals surface area contributed by atoms with Crippen LogP contribution < -0.4 is 10.6 Å². The van der Waals surface area contributed by atoms with E-state index in [-0.39, 0.29) is 5.41 Å². The van der Waals surface area contributed by atoms with Gasteiger partial charge in [0.15, 0.2) is 5.96 Å². The molecule has 1 unspecified atom stereocenters. The third-order valence-electron chi connectivity index (χ3n) is 5.59. The largest absolute Gasteiger partial charge is 0.356 e. The molecule has 5 nitrogen and oxygen atoms in total. The molecular formula is C19H30BrN5. The maximum Gasteiger partial charge on any atom is 0.191 e. The average molecular weight is 408 g/mol. The van der Waals surface area contributed by atoms with E-state index in [2.05, 4.69) is 79.7 Å². The number of guanidine groups is 1. The van der Waals surface area contributed by atoms with Crippen molar-refractivity contribution in [2.75, 3.05) is 53.9 Å². The highest BCUT2D eigenvalue weighted by Crippen LogP contribution is 2.48. The molecule has 2 fully saturated rings. The second kappa shape index (κ2) is 8.06. The highest BCUT2D eigenvalue weighted by atomic mass is 79.9. The summed E-state index contributed by atoms with van der Waals surface area (Å²) < 4.78 is 1.16. The van der Waals surface area contributed by atoms with Gasteiger partial charge in [0.2, 0.25) is 0 Å². The second-order valence-electron chi connectivity index (χ2n) is 7.49. The zero-order chi connectivity index (χ0) is 17.9. The van der Waals surface area contributed by atoms with Crippen molar-refractivity contribution in [3.8, 4) is 0 Å². The number of halogens is 1. The van der Waals surface area contributed by atoms with Crippen LogP contribution in [0.4, 0.5) is 0 Å². The number of aliphatic imine (C=N–C) groups is 1. The first kappa shape index (κ1) is 18.7. The molecule has 0 radical (unpaired) electrons. The van der Waals surface area contributed by atoms with E-state index < -0.39 is 0 Å². The molecule has 138 valence electrons. The van der Waals surface area contributed by atoms with Gasteiger partial charge in [-0.05, 0) is 44.6 Å². The monoisotopic (exact) mass is 407 g/mol. The standard InChI is InChI=1S/C19H30BrN5/c1-21-18(22-12-17-13-24(2)9-10-25(17)3)23-14-19(7-8-19)15-5-4-6-16(20)11-15/h4-6,11,17H,7-10,12-14H2,1-3H3,(H2,21,22,23). The Kier molecular flexibility index (Phi) is 6.02. The van der Waals surface area contributed by atoms with E-state index in [1.807, 2.05) is 7.05 Å². The Morgan fingerprint density at radius 2 is 2.08 bits per heavy atom. The zero-order valence-corrected chi connectivity index (χ0v) is 17.1. The van der Waals surface area contributed by atoms with E-state index in [9.17, 15) is 0 Å². The predicted octanol–water partition coefficient (Wildman–Crippen LogP) is 1.89. The number of rotatable bonds is 5. The zero-order valence-electron chi connectivity index (χ0n) is 15.6. The highest BCUT2D eigenvalue weighted by Gasteiger charge is 2.44. The van der Waals surface area contributed by atoms with Crippen molar-refractivity contribution in [1.29, 1.82) is 0 Å². The van der Waals surface area contributed by atoms with Crippen LogP contribution >= 0.6 is 15.9 Å². The number of likely N-dealkylation sites (N-methyl/N-ethyl adjacent to an activating group) is 2. The van der Waals surface area contributed by atoms with Crippen LogP contribution in [0.25, 0.3) is 0 Å². The summed E-state index contributed by atoms with van der Waals surface area (Å²) in [6.07, 6.45) is 2.48. The number of nitrogens with one attached hydrogen (secondary N) is 2. The lowest BCUT2D eigenvalue weighted by atomic mass is 9.96. The van der Waals surface area contributed by atoms with E-state index in [0.717, 1.165) is 43.2 Å². The Bertz CT molecular complexity index is 614. The van der Waals surface area contributed by atoms with E-state index >= 15 is 0 Å². The first-order valence-electron chi connectivity index (χ1n) is 9.12. The van der Waals surface area contributed by atoms with Crippen molar-refractivity contribution in [1.82, 2.24) is 20.4 Å². The second-order valence-corrected chi connectivity index (χ2v) is 8.41. The van der Waals surface area contributed by atoms with E-state index in [1.165, 1.54) is 18.4 Å². The van der Waals surface area contributed by atoms with Crippen molar-refractivity contribution in [2.45, 2.75) is 24.3 Å². The molecule has 3 rings (SSSR count). The topological polar surface area (TPSA) is 42.9 Å². The van der Waals surface area contributed by atoms with Crippen molar-refractivity contribution in [3.63, 3.8) is 0 Å². The van der Waals surface area contributed by atoms with Gasteiger partial charge >= 0.3 is 0 Å². The maximum atomic E-state index is 4.41. The molecule has 1 atom stereocenters. The Morgan fingerprint density at radius 3 is 2.76 bits per heavy atom. The SMILES string of the molecule is CN=C(NCC1CN(C)CCN1C)NCC1(c2cccc(Br)c2)CC1. The third-order valence-corrected chi connectivity index (χ3v) is 6.09. The number of hydrogen-bond donors (Lipinski definition) is 2. The highest BCUT2D eigenvalue weighted by molar-refractivity contribution is 9.10. The Labute approximate surface area is 160 Å². The molecule has 1 aliphatic heterocycles. The van der Waals surface area contributed by atoms with Gasteiger partial charge in [0.25, 0.3) is 0 Å². The number of piperazine rings is 1. The van der Waals surface area contributed by atoms with Gasteiger partial charge in [0.1, 0.15) is 0 Å². The molecule has 6 heteroatoms. The van der Waals surface area contributed by atoms with Gasteiger partial charge < -0.3 is 15.5 Å². The quantitative estimate of drug-likeness (QED) is 0.577. The van der Waals surface area contributed by atoms with Crippen LogP contribution in [0.15, 0.2) is 33.7 Å². The lowest BCUT2D eigenvalue weighted by Crippen LogP contribution is -2.55. The van der Waals surface area contributed by atoms with E-state index in [4.69, 9.17) is 0 Å². The molecule has 0 spiro atoms. The van der Waals surface area contributed by atoms with Crippen LogP contribution in [0.3, 0.4) is 0 Å². The third kappa shape index (κ3) is 4.74. The minimum absolute atomic E-state index is 0.267. The predicted molar refractivity (Wildman–Crippen MR) is 108 cm³/mol. The van der Waals surface area contributed by atoms with Crippen molar-refractivity contribution < 1.29 is 0 Å². The molecule has 1 aliphatic carbocycles. The molecule has 1 aromatic rings. The van der Waals surface area contributed by atoms with Gasteiger partial charge in [-0.15, -0.1) is 0 Å². The number of hydrogen-bond acceptors (Lipinski definition) is 3. The lowest BCUT2D eigenvalue weighted by Gasteiger charge is -2.38. The van der Waals surface area contributed by atoms with Gasteiger partial charge in [-0.1, -0.05) is 28.1 Å². The van der Waals surface area contributed by atoms with Crippen LogP contribution in [0.1, 0.15) is 18.4 Å². The van der Waals surface area contributed by atoms with Crippen LogP contribution in [-0.2, 0) is 5.41 Å². The fourth-order valence-corrected chi connectivity index (χ4v) is 3.95. The maximum absolute atomic E-state index is 4.41. The summed E-state index contributed by atoms with van der Waals surface area (Å²) in [5.74, 6) is 0.905. The minimum atomic E-state index is 0.267. The van der Waals surface area contributed by atoms with Crippen LogP contribution in [0.2, 0.25) is 0 Å². The van der Waals surface area contributed by atoms with Gasteiger partial charge in [-0.25, -0.2) is 0 Å². The molecule has 2 aliphatic rings. The van der Waals surface area contributed by atoms with Crippen LogP contribution in [0.5, 0.6) is 0 Å². The number of nitrogens with zero attached hydrogens (tertiary/aromatic N) is 3. The van der Waals surface area contributed by atoms with E-state index in [0.29, 0.717) is 6.04 Å². The molecule has 0 amide bonds. The smallest absolute Gasteiger partial charge is 0.191 e. The van der Waals surface area contributed by atoms with Gasteiger partial charge in [0.05, 0.1) is 0 Å². The summed E-state index contributed by atoms with van der Waals surface area (Å²) in [7, 11) is 6.26. The van der Waals surface area contributed by atoms with Crippen molar-refractivity contribution in [3.05, 3.63) is 34.3 Å². The van der Waals surface area contributed by atoms with Gasteiger partial charge in [-0.2, -0.15) is 0 Å². The molecular weight excluding hydrogens is 378 g/mol. The molecule has 1 saturated carbocycles. The fraction of sp³-hybridized carbons (Fsp3) is 0.632. The lowest BCUT2D eigenvalue weighted by molar-refractivity contribution is 0.116. The first-order chi connectivity index (χ1) is 12.0. The van der Waals surface area contributed by atoms with Crippen LogP contribution in [0, 0.1) is 0 Å². The van der Waals surface area contributed by atoms with Crippen molar-refractivity contribution in [2.24, 2.45) is 4.99 Å². The summed E-state index contributed by atoms with van der Waals surface area (Å²) in [6.45, 7) is 5.23. The first-order valence-corrected chi connectivity index (χ1v) is 9.91. The Balaban J connectivity index is 1.51. The molecule has 25 heavy (non-hydrogen) atoms. The molecule has 1 heterocycles. The minimum Gasteiger partial charge on any atom is -0.356 e. The normalized spacial score (nSPS) is 24.2. The van der Waals surface area contributed by atoms with E-state index in [1.54, 1.807) is 0 Å². The molecule has 2 N–H and O–H groups in total. The van der Waals surface area contributed by atoms with Crippen LogP contribution in [-0.4, -0.2) is 75.7 Å². The molecule has 0 aromatic heterocycles. The van der Waals surface area contributed by atoms with Crippen molar-refractivity contribution >= 4 is 21.9 Å². The summed E-state index contributed by atoms with van der Waals surface area (Å²) in [6, 6.07) is 9.23. The fourth-order valence-electron chi connectivity index (χ4n) is 3.55. The average Bonchev–Trinajstić information content (AvgIpc) is 3.39. The summed E-state index contributed by atoms with van der Waals surface area (Å²) in [5.41, 5.74) is 1.68. The van der Waals surface area contributed by atoms with Gasteiger partial charge in [0, 0.05) is 55.7 Å². The summed E-state index contributed by atoms with van der Waals surface area (Å²) >= 11 is 3.59. The molecule has 0 bridgehead atoms. The number of benzene rings is 1. The molecule has 1 saturated heterocycles. The Morgan fingerprint density at radius 1 is 1.28 bits per heavy atom. The molecule has 1 aromatic carbocycles.